The zero-order valence-corrected chi connectivity index (χ0v) is 20.4. The number of carboxylic acids is 1. The maximum atomic E-state index is 11.3. The fourth-order valence-electron chi connectivity index (χ4n) is 4.21. The molecule has 0 aliphatic heterocycles. The molecule has 1 aliphatic carbocycles. The average molecular weight is 460 g/mol. The molecule has 1 fully saturated rings. The highest BCUT2D eigenvalue weighted by molar-refractivity contribution is 5.76. The number of carbonyl (C=O) groups is 1. The molecular weight excluding hydrogens is 422 g/mol. The second kappa shape index (κ2) is 11.2. The third kappa shape index (κ3) is 6.81. The normalized spacial score (nSPS) is 19.1. The van der Waals surface area contributed by atoms with Crippen LogP contribution in [0.3, 0.4) is 0 Å². The number of hydrogen-bond acceptors (Lipinski definition) is 6. The summed E-state index contributed by atoms with van der Waals surface area (Å²) in [5, 5.41) is 9.24. The highest BCUT2D eigenvalue weighted by Gasteiger charge is 2.31. The number of hydrogen-bond donors (Lipinski definition) is 1. The molecule has 1 saturated carbocycles. The SMILES string of the molecule is COc1cccc(-c2nc(COC[C@H]3CCC[C@@H](COC(C)(C)C(=O)O)C3)c(C(C)C)o2)c1. The molecule has 0 bridgehead atoms. The predicted molar refractivity (Wildman–Crippen MR) is 125 cm³/mol. The number of aliphatic carboxylic acids is 1. The van der Waals surface area contributed by atoms with E-state index in [9.17, 15) is 9.90 Å². The lowest BCUT2D eigenvalue weighted by Crippen LogP contribution is -2.37. The summed E-state index contributed by atoms with van der Waals surface area (Å²) in [4.78, 5) is 16.0. The summed E-state index contributed by atoms with van der Waals surface area (Å²) < 4.78 is 23.2. The van der Waals surface area contributed by atoms with Crippen LogP contribution in [0, 0.1) is 11.8 Å². The van der Waals surface area contributed by atoms with Gasteiger partial charge in [0.25, 0.3) is 0 Å². The van der Waals surface area contributed by atoms with Crippen LogP contribution in [-0.2, 0) is 20.9 Å². The second-order valence-corrected chi connectivity index (χ2v) is 9.76. The molecule has 33 heavy (non-hydrogen) atoms. The highest BCUT2D eigenvalue weighted by atomic mass is 16.5. The summed E-state index contributed by atoms with van der Waals surface area (Å²) in [6.45, 7) is 8.90. The van der Waals surface area contributed by atoms with E-state index >= 15 is 0 Å². The monoisotopic (exact) mass is 459 g/mol. The van der Waals surface area contributed by atoms with E-state index in [2.05, 4.69) is 13.8 Å². The highest BCUT2D eigenvalue weighted by Crippen LogP contribution is 2.32. The van der Waals surface area contributed by atoms with E-state index < -0.39 is 11.6 Å². The fourth-order valence-corrected chi connectivity index (χ4v) is 4.21. The van der Waals surface area contributed by atoms with Crippen LogP contribution >= 0.6 is 0 Å². The lowest BCUT2D eigenvalue weighted by Gasteiger charge is -2.31. The van der Waals surface area contributed by atoms with Crippen LogP contribution in [0.4, 0.5) is 0 Å². The molecule has 0 spiro atoms. The van der Waals surface area contributed by atoms with E-state index in [0.29, 0.717) is 37.5 Å². The van der Waals surface area contributed by atoms with Gasteiger partial charge in [-0.3, -0.25) is 0 Å². The lowest BCUT2D eigenvalue weighted by molar-refractivity contribution is -0.163. The molecule has 0 unspecified atom stereocenters. The molecule has 2 aromatic rings. The maximum Gasteiger partial charge on any atom is 0.335 e. The van der Waals surface area contributed by atoms with Gasteiger partial charge in [-0.05, 0) is 63.1 Å². The van der Waals surface area contributed by atoms with Crippen molar-refractivity contribution in [2.24, 2.45) is 11.8 Å². The smallest absolute Gasteiger partial charge is 0.335 e. The molecular formula is C26H37NO6. The minimum atomic E-state index is -1.15. The van der Waals surface area contributed by atoms with Gasteiger partial charge in [0, 0.05) is 18.1 Å². The molecule has 2 atom stereocenters. The molecule has 1 aromatic heterocycles. The molecule has 0 radical (unpaired) electrons. The van der Waals surface area contributed by atoms with Gasteiger partial charge in [-0.25, -0.2) is 9.78 Å². The van der Waals surface area contributed by atoms with Crippen molar-refractivity contribution in [3.63, 3.8) is 0 Å². The maximum absolute atomic E-state index is 11.3. The van der Waals surface area contributed by atoms with Crippen LogP contribution in [0.25, 0.3) is 11.5 Å². The Bertz CT molecular complexity index is 919. The van der Waals surface area contributed by atoms with Crippen molar-refractivity contribution in [1.82, 2.24) is 4.98 Å². The van der Waals surface area contributed by atoms with Crippen molar-refractivity contribution in [1.29, 1.82) is 0 Å². The first-order chi connectivity index (χ1) is 15.7. The Labute approximate surface area is 196 Å². The zero-order valence-electron chi connectivity index (χ0n) is 20.4. The van der Waals surface area contributed by atoms with Crippen LogP contribution in [0.1, 0.15) is 70.8 Å². The second-order valence-electron chi connectivity index (χ2n) is 9.76. The average Bonchev–Trinajstić information content (AvgIpc) is 3.23. The number of aromatic nitrogens is 1. The van der Waals surface area contributed by atoms with Crippen molar-refractivity contribution in [2.75, 3.05) is 20.3 Å². The van der Waals surface area contributed by atoms with Crippen molar-refractivity contribution >= 4 is 5.97 Å². The van der Waals surface area contributed by atoms with Gasteiger partial charge >= 0.3 is 5.97 Å². The number of benzene rings is 1. The number of nitrogens with zero attached hydrogens (tertiary/aromatic N) is 1. The van der Waals surface area contributed by atoms with E-state index in [4.69, 9.17) is 23.6 Å². The molecule has 1 N–H and O–H groups in total. The van der Waals surface area contributed by atoms with Gasteiger partial charge < -0.3 is 23.7 Å². The van der Waals surface area contributed by atoms with Gasteiger partial charge in [0.05, 0.1) is 20.3 Å². The zero-order chi connectivity index (χ0) is 24.0. The van der Waals surface area contributed by atoms with Gasteiger partial charge in [0.2, 0.25) is 5.89 Å². The van der Waals surface area contributed by atoms with E-state index in [1.165, 1.54) is 0 Å². The summed E-state index contributed by atoms with van der Waals surface area (Å²) in [5.74, 6) is 2.25. The molecule has 7 heteroatoms. The van der Waals surface area contributed by atoms with Gasteiger partial charge in [-0.1, -0.05) is 26.3 Å². The third-order valence-electron chi connectivity index (χ3n) is 6.25. The number of ether oxygens (including phenoxy) is 3. The molecule has 0 amide bonds. The molecule has 1 heterocycles. The number of oxazole rings is 1. The lowest BCUT2D eigenvalue weighted by atomic mass is 9.82. The first-order valence-electron chi connectivity index (χ1n) is 11.8. The summed E-state index contributed by atoms with van der Waals surface area (Å²) in [6, 6.07) is 7.69. The standard InChI is InChI=1S/C26H37NO6/c1-17(2)23-22(27-24(33-23)20-10-7-11-21(13-20)30-5)16-31-14-18-8-6-9-19(12-18)15-32-26(3,4)25(28)29/h7,10-11,13,17-19H,6,8-9,12,14-16H2,1-5H3,(H,28,29)/t18-,19+/m0/s1. The van der Waals surface area contributed by atoms with Crippen LogP contribution in [0.2, 0.25) is 0 Å². The van der Waals surface area contributed by atoms with Crippen LogP contribution in [0.5, 0.6) is 5.75 Å². The van der Waals surface area contributed by atoms with Gasteiger partial charge in [-0.2, -0.15) is 0 Å². The molecule has 3 rings (SSSR count). The van der Waals surface area contributed by atoms with Crippen molar-refractivity contribution in [2.45, 2.75) is 71.5 Å². The molecule has 0 saturated heterocycles. The topological polar surface area (TPSA) is 91.0 Å². The largest absolute Gasteiger partial charge is 0.497 e. The molecule has 1 aromatic carbocycles. The van der Waals surface area contributed by atoms with E-state index in [1.54, 1.807) is 21.0 Å². The van der Waals surface area contributed by atoms with Gasteiger partial charge in [0.1, 0.15) is 17.2 Å². The molecule has 1 aliphatic rings. The van der Waals surface area contributed by atoms with Crippen LogP contribution in [0.15, 0.2) is 28.7 Å². The van der Waals surface area contributed by atoms with E-state index in [0.717, 1.165) is 48.5 Å². The summed E-state index contributed by atoms with van der Waals surface area (Å²) >= 11 is 0. The first-order valence-corrected chi connectivity index (χ1v) is 11.8. The van der Waals surface area contributed by atoms with Crippen LogP contribution in [-0.4, -0.2) is 42.0 Å². The first kappa shape index (κ1) is 25.2. The van der Waals surface area contributed by atoms with Gasteiger partial charge in [0.15, 0.2) is 5.60 Å². The van der Waals surface area contributed by atoms with Crippen molar-refractivity contribution in [3.05, 3.63) is 35.7 Å². The Morgan fingerprint density at radius 1 is 1.24 bits per heavy atom. The summed E-state index contributed by atoms with van der Waals surface area (Å²) in [6.07, 6.45) is 4.28. The number of carboxylic acid groups (broad SMARTS) is 1. The van der Waals surface area contributed by atoms with Gasteiger partial charge in [-0.15, -0.1) is 0 Å². The van der Waals surface area contributed by atoms with Crippen molar-refractivity contribution < 1.29 is 28.5 Å². The van der Waals surface area contributed by atoms with E-state index in [-0.39, 0.29) is 5.92 Å². The van der Waals surface area contributed by atoms with Crippen molar-refractivity contribution in [3.8, 4) is 17.2 Å². The Morgan fingerprint density at radius 3 is 2.64 bits per heavy atom. The molecule has 182 valence electrons. The Balaban J connectivity index is 1.56. The number of rotatable bonds is 11. The Morgan fingerprint density at radius 2 is 1.97 bits per heavy atom. The Hall–Kier alpha value is -2.38. The summed E-state index contributed by atoms with van der Waals surface area (Å²) in [5.41, 5.74) is 0.563. The van der Waals surface area contributed by atoms with E-state index in [1.807, 2.05) is 24.3 Å². The minimum Gasteiger partial charge on any atom is -0.497 e. The van der Waals surface area contributed by atoms with Crippen LogP contribution < -0.4 is 4.74 Å². The fraction of sp³-hybridized carbons (Fsp3) is 0.615. The minimum absolute atomic E-state index is 0.198. The Kier molecular flexibility index (Phi) is 8.54. The quantitative estimate of drug-likeness (QED) is 0.462. The third-order valence-corrected chi connectivity index (χ3v) is 6.25. The predicted octanol–water partition coefficient (Wildman–Crippen LogP) is 5.68. The summed E-state index contributed by atoms with van der Waals surface area (Å²) in [7, 11) is 1.64. The number of methoxy groups -OCH3 is 1. The molecule has 7 nitrogen and oxygen atoms in total.